The summed E-state index contributed by atoms with van der Waals surface area (Å²) < 4.78 is 40.0. The highest BCUT2D eigenvalue weighted by atomic mass is 32.2. The standard InChI is InChI=1S/C16H19FN2O3S2/c1-3-19(4-2)24(21,22)15-10-9-12(23-15)11-18-16(20)13-7-5-6-8-14(13)17/h5-10H,3-4,11H2,1-2H3,(H,18,20). The highest BCUT2D eigenvalue weighted by Gasteiger charge is 2.23. The first-order valence-electron chi connectivity index (χ1n) is 7.51. The van der Waals surface area contributed by atoms with E-state index in [1.54, 1.807) is 26.0 Å². The number of carbonyl (C=O) groups is 1. The summed E-state index contributed by atoms with van der Waals surface area (Å²) in [6, 6.07) is 8.89. The van der Waals surface area contributed by atoms with Crippen LogP contribution in [0.1, 0.15) is 29.1 Å². The van der Waals surface area contributed by atoms with E-state index in [0.29, 0.717) is 18.0 Å². The number of rotatable bonds is 7. The Kier molecular flexibility index (Phi) is 6.09. The maximum Gasteiger partial charge on any atom is 0.254 e. The van der Waals surface area contributed by atoms with Crippen molar-refractivity contribution in [3.63, 3.8) is 0 Å². The molecule has 0 fully saturated rings. The highest BCUT2D eigenvalue weighted by Crippen LogP contribution is 2.24. The van der Waals surface area contributed by atoms with Crippen molar-refractivity contribution in [1.29, 1.82) is 0 Å². The lowest BCUT2D eigenvalue weighted by molar-refractivity contribution is 0.0947. The molecule has 5 nitrogen and oxygen atoms in total. The number of sulfonamides is 1. The van der Waals surface area contributed by atoms with Crippen LogP contribution < -0.4 is 5.32 Å². The lowest BCUT2D eigenvalue weighted by atomic mass is 10.2. The molecule has 0 bridgehead atoms. The second-order valence-electron chi connectivity index (χ2n) is 4.97. The molecule has 0 aliphatic heterocycles. The van der Waals surface area contributed by atoms with E-state index < -0.39 is 21.7 Å². The van der Waals surface area contributed by atoms with Crippen LogP contribution in [0.5, 0.6) is 0 Å². The molecule has 24 heavy (non-hydrogen) atoms. The monoisotopic (exact) mass is 370 g/mol. The summed E-state index contributed by atoms with van der Waals surface area (Å²) in [5.41, 5.74) is -0.0370. The van der Waals surface area contributed by atoms with Crippen molar-refractivity contribution in [1.82, 2.24) is 9.62 Å². The Morgan fingerprint density at radius 1 is 1.17 bits per heavy atom. The maximum absolute atomic E-state index is 13.5. The van der Waals surface area contributed by atoms with Crippen LogP contribution in [0.3, 0.4) is 0 Å². The molecule has 0 aliphatic rings. The van der Waals surface area contributed by atoms with Gasteiger partial charge in [0.1, 0.15) is 10.0 Å². The van der Waals surface area contributed by atoms with Gasteiger partial charge in [-0.2, -0.15) is 4.31 Å². The summed E-state index contributed by atoms with van der Waals surface area (Å²) in [6.45, 7) is 4.51. The molecule has 2 rings (SSSR count). The minimum absolute atomic E-state index is 0.0370. The van der Waals surface area contributed by atoms with E-state index in [-0.39, 0.29) is 16.3 Å². The molecule has 130 valence electrons. The second-order valence-corrected chi connectivity index (χ2v) is 8.31. The van der Waals surface area contributed by atoms with E-state index in [9.17, 15) is 17.6 Å². The Labute approximate surface area is 145 Å². The van der Waals surface area contributed by atoms with Gasteiger partial charge in [0.15, 0.2) is 0 Å². The minimum atomic E-state index is -3.50. The molecule has 0 saturated heterocycles. The van der Waals surface area contributed by atoms with Gasteiger partial charge in [-0.15, -0.1) is 11.3 Å². The lowest BCUT2D eigenvalue weighted by Gasteiger charge is -2.16. The second kappa shape index (κ2) is 7.87. The Morgan fingerprint density at radius 3 is 2.46 bits per heavy atom. The zero-order chi connectivity index (χ0) is 17.7. The smallest absolute Gasteiger partial charge is 0.254 e. The van der Waals surface area contributed by atoms with E-state index in [1.165, 1.54) is 28.6 Å². The molecule has 0 unspecified atom stereocenters. The van der Waals surface area contributed by atoms with E-state index in [0.717, 1.165) is 11.3 Å². The van der Waals surface area contributed by atoms with Crippen LogP contribution in [0, 0.1) is 5.82 Å². The number of thiophene rings is 1. The first kappa shape index (κ1) is 18.6. The number of nitrogens with one attached hydrogen (secondary N) is 1. The minimum Gasteiger partial charge on any atom is -0.347 e. The van der Waals surface area contributed by atoms with Crippen molar-refractivity contribution in [2.75, 3.05) is 13.1 Å². The van der Waals surface area contributed by atoms with Gasteiger partial charge >= 0.3 is 0 Å². The topological polar surface area (TPSA) is 66.5 Å². The number of hydrogen-bond acceptors (Lipinski definition) is 4. The van der Waals surface area contributed by atoms with Crippen molar-refractivity contribution in [2.24, 2.45) is 0 Å². The van der Waals surface area contributed by atoms with Crippen LogP contribution in [-0.2, 0) is 16.6 Å². The van der Waals surface area contributed by atoms with Crippen LogP contribution >= 0.6 is 11.3 Å². The third-order valence-corrected chi connectivity index (χ3v) is 7.08. The Balaban J connectivity index is 2.07. The third kappa shape index (κ3) is 4.00. The normalized spacial score (nSPS) is 11.7. The lowest BCUT2D eigenvalue weighted by Crippen LogP contribution is -2.30. The predicted octanol–water partition coefficient (Wildman–Crippen LogP) is 2.85. The number of amides is 1. The van der Waals surface area contributed by atoms with Gasteiger partial charge in [-0.05, 0) is 24.3 Å². The molecular weight excluding hydrogens is 351 g/mol. The van der Waals surface area contributed by atoms with Crippen molar-refractivity contribution >= 4 is 27.3 Å². The average Bonchev–Trinajstić information content (AvgIpc) is 3.04. The number of halogens is 1. The van der Waals surface area contributed by atoms with E-state index in [1.807, 2.05) is 0 Å². The van der Waals surface area contributed by atoms with Crippen LogP contribution in [0.15, 0.2) is 40.6 Å². The highest BCUT2D eigenvalue weighted by molar-refractivity contribution is 7.91. The van der Waals surface area contributed by atoms with Crippen molar-refractivity contribution in [2.45, 2.75) is 24.6 Å². The zero-order valence-corrected chi connectivity index (χ0v) is 15.1. The summed E-state index contributed by atoms with van der Waals surface area (Å²) in [6.07, 6.45) is 0. The van der Waals surface area contributed by atoms with E-state index >= 15 is 0 Å². The van der Waals surface area contributed by atoms with Crippen LogP contribution in [0.4, 0.5) is 4.39 Å². The number of nitrogens with zero attached hydrogens (tertiary/aromatic N) is 1. The molecule has 0 spiro atoms. The number of benzene rings is 1. The number of hydrogen-bond donors (Lipinski definition) is 1. The molecule has 0 atom stereocenters. The molecular formula is C16H19FN2O3S2. The molecule has 0 aliphatic carbocycles. The Hall–Kier alpha value is -1.77. The van der Waals surface area contributed by atoms with Crippen LogP contribution in [0.2, 0.25) is 0 Å². The van der Waals surface area contributed by atoms with Gasteiger partial charge in [-0.3, -0.25) is 4.79 Å². The fourth-order valence-electron chi connectivity index (χ4n) is 2.19. The van der Waals surface area contributed by atoms with E-state index in [4.69, 9.17) is 0 Å². The summed E-state index contributed by atoms with van der Waals surface area (Å²) in [7, 11) is -3.50. The van der Waals surface area contributed by atoms with Gasteiger partial charge in [-0.1, -0.05) is 26.0 Å². The van der Waals surface area contributed by atoms with Crippen molar-refractivity contribution in [3.05, 3.63) is 52.7 Å². The van der Waals surface area contributed by atoms with Crippen molar-refractivity contribution < 1.29 is 17.6 Å². The summed E-state index contributed by atoms with van der Waals surface area (Å²) in [4.78, 5) is 12.7. The molecule has 1 amide bonds. The Bertz CT molecular complexity index is 814. The van der Waals surface area contributed by atoms with Gasteiger partial charge in [0, 0.05) is 18.0 Å². The number of carbonyl (C=O) groups excluding carboxylic acids is 1. The molecule has 1 aromatic heterocycles. The molecule has 0 saturated carbocycles. The molecule has 8 heteroatoms. The molecule has 0 radical (unpaired) electrons. The first-order chi connectivity index (χ1) is 11.4. The van der Waals surface area contributed by atoms with Crippen LogP contribution in [-0.4, -0.2) is 31.7 Å². The Morgan fingerprint density at radius 2 is 1.83 bits per heavy atom. The fourth-order valence-corrected chi connectivity index (χ4v) is 5.10. The van der Waals surface area contributed by atoms with Gasteiger partial charge < -0.3 is 5.32 Å². The van der Waals surface area contributed by atoms with Gasteiger partial charge in [0.25, 0.3) is 15.9 Å². The molecule has 1 heterocycles. The van der Waals surface area contributed by atoms with E-state index in [2.05, 4.69) is 5.32 Å². The fraction of sp³-hybridized carbons (Fsp3) is 0.312. The molecule has 1 aromatic carbocycles. The first-order valence-corrected chi connectivity index (χ1v) is 9.77. The predicted molar refractivity (Wildman–Crippen MR) is 92.0 cm³/mol. The zero-order valence-electron chi connectivity index (χ0n) is 13.5. The largest absolute Gasteiger partial charge is 0.347 e. The van der Waals surface area contributed by atoms with Gasteiger partial charge in [0.2, 0.25) is 0 Å². The quantitative estimate of drug-likeness (QED) is 0.815. The third-order valence-electron chi connectivity index (χ3n) is 3.48. The molecule has 2 aromatic rings. The summed E-state index contributed by atoms with van der Waals surface area (Å²) >= 11 is 1.10. The molecule has 1 N–H and O–H groups in total. The SMILES string of the molecule is CCN(CC)S(=O)(=O)c1ccc(CNC(=O)c2ccccc2F)s1. The van der Waals surface area contributed by atoms with Crippen molar-refractivity contribution in [3.8, 4) is 0 Å². The maximum atomic E-state index is 13.5. The summed E-state index contributed by atoms with van der Waals surface area (Å²) in [5, 5.41) is 2.60. The summed E-state index contributed by atoms with van der Waals surface area (Å²) in [5.74, 6) is -1.12. The van der Waals surface area contributed by atoms with Gasteiger partial charge in [0.05, 0.1) is 12.1 Å². The van der Waals surface area contributed by atoms with Gasteiger partial charge in [-0.25, -0.2) is 12.8 Å². The van der Waals surface area contributed by atoms with Crippen LogP contribution in [0.25, 0.3) is 0 Å². The average molecular weight is 370 g/mol.